The van der Waals surface area contributed by atoms with Crippen LogP contribution in [0.1, 0.15) is 51.1 Å². The Kier molecular flexibility index (Phi) is 6.62. The molecule has 0 saturated heterocycles. The first kappa shape index (κ1) is 23.0. The summed E-state index contributed by atoms with van der Waals surface area (Å²) in [5.41, 5.74) is 12.0. The lowest BCUT2D eigenvalue weighted by atomic mass is 9.66. The summed E-state index contributed by atoms with van der Waals surface area (Å²) in [7, 11) is 3.36. The van der Waals surface area contributed by atoms with Gasteiger partial charge in [0.15, 0.2) is 0 Å². The summed E-state index contributed by atoms with van der Waals surface area (Å²) in [4.78, 5) is 52.2. The number of rotatable bonds is 8. The second-order valence-electron chi connectivity index (χ2n) is 8.38. The quantitative estimate of drug-likeness (QED) is 0.610. The van der Waals surface area contributed by atoms with E-state index in [1.807, 2.05) is 0 Å². The molecule has 0 aliphatic heterocycles. The molecular weight excluding hydrogens is 408 g/mol. The maximum Gasteiger partial charge on any atom is 0.248 e. The highest BCUT2D eigenvalue weighted by molar-refractivity contribution is 6.05. The lowest BCUT2D eigenvalue weighted by Crippen LogP contribution is -2.55. The molecule has 2 aromatic carbocycles. The molecule has 168 valence electrons. The van der Waals surface area contributed by atoms with Crippen LogP contribution >= 0.6 is 0 Å². The van der Waals surface area contributed by atoms with Crippen LogP contribution < -0.4 is 11.5 Å². The number of carbonyl (C=O) groups excluding carboxylic acids is 4. The van der Waals surface area contributed by atoms with E-state index in [2.05, 4.69) is 0 Å². The second kappa shape index (κ2) is 9.21. The van der Waals surface area contributed by atoms with Crippen molar-refractivity contribution in [1.82, 2.24) is 9.80 Å². The van der Waals surface area contributed by atoms with Crippen molar-refractivity contribution >= 4 is 23.6 Å². The molecule has 1 saturated carbocycles. The van der Waals surface area contributed by atoms with Gasteiger partial charge in [-0.05, 0) is 48.2 Å². The topological polar surface area (TPSA) is 127 Å². The molecule has 0 aromatic heterocycles. The predicted octanol–water partition coefficient (Wildman–Crippen LogP) is 1.67. The summed E-state index contributed by atoms with van der Waals surface area (Å²) in [6, 6.07) is 13.5. The Morgan fingerprint density at radius 1 is 0.719 bits per heavy atom. The normalized spacial score (nSPS) is 14.2. The molecule has 1 aliphatic carbocycles. The molecule has 4 N–H and O–H groups in total. The van der Waals surface area contributed by atoms with E-state index < -0.39 is 17.2 Å². The SMILES string of the molecule is CN(Cc1ccc(C(N)=O)cc1)C(=O)C1(C(=O)N(C)Cc2ccc(C(N)=O)cc2)CCC1. The zero-order valence-electron chi connectivity index (χ0n) is 18.3. The Hall–Kier alpha value is -3.68. The number of primary amides is 2. The second-order valence-corrected chi connectivity index (χ2v) is 8.38. The minimum Gasteiger partial charge on any atom is -0.366 e. The molecule has 0 spiro atoms. The maximum absolute atomic E-state index is 13.3. The number of nitrogens with zero attached hydrogens (tertiary/aromatic N) is 2. The smallest absolute Gasteiger partial charge is 0.248 e. The number of hydrogen-bond donors (Lipinski definition) is 2. The van der Waals surface area contributed by atoms with E-state index >= 15 is 0 Å². The summed E-state index contributed by atoms with van der Waals surface area (Å²) in [6.45, 7) is 0.649. The molecule has 3 rings (SSSR count). The molecule has 1 aliphatic rings. The Labute approximate surface area is 187 Å². The Balaban J connectivity index is 1.68. The molecule has 0 bridgehead atoms. The van der Waals surface area contributed by atoms with Gasteiger partial charge in [0.05, 0.1) is 0 Å². The molecule has 2 aromatic rings. The van der Waals surface area contributed by atoms with Crippen LogP contribution in [0, 0.1) is 5.41 Å². The fourth-order valence-corrected chi connectivity index (χ4v) is 4.02. The minimum atomic E-state index is -1.05. The van der Waals surface area contributed by atoms with Crippen molar-refractivity contribution in [2.45, 2.75) is 32.4 Å². The highest BCUT2D eigenvalue weighted by Gasteiger charge is 2.53. The Bertz CT molecular complexity index is 947. The van der Waals surface area contributed by atoms with Crippen molar-refractivity contribution in [3.05, 3.63) is 70.8 Å². The molecule has 0 heterocycles. The van der Waals surface area contributed by atoms with Gasteiger partial charge in [0.1, 0.15) is 5.41 Å². The first-order valence-corrected chi connectivity index (χ1v) is 10.4. The summed E-state index contributed by atoms with van der Waals surface area (Å²) in [6.07, 6.45) is 1.85. The van der Waals surface area contributed by atoms with E-state index in [1.54, 1.807) is 72.4 Å². The van der Waals surface area contributed by atoms with E-state index in [1.165, 1.54) is 0 Å². The molecular formula is C24H28N4O4. The maximum atomic E-state index is 13.3. The van der Waals surface area contributed by atoms with E-state index in [4.69, 9.17) is 11.5 Å². The number of benzene rings is 2. The third-order valence-corrected chi connectivity index (χ3v) is 6.04. The molecule has 1 fully saturated rings. The fourth-order valence-electron chi connectivity index (χ4n) is 4.02. The number of hydrogen-bond acceptors (Lipinski definition) is 4. The van der Waals surface area contributed by atoms with Crippen molar-refractivity contribution in [3.8, 4) is 0 Å². The molecule has 8 heteroatoms. The van der Waals surface area contributed by atoms with Crippen LogP contribution in [0.15, 0.2) is 48.5 Å². The first-order chi connectivity index (χ1) is 15.1. The lowest BCUT2D eigenvalue weighted by Gasteiger charge is -2.43. The van der Waals surface area contributed by atoms with Gasteiger partial charge in [-0.3, -0.25) is 19.2 Å². The highest BCUT2D eigenvalue weighted by Crippen LogP contribution is 2.44. The monoisotopic (exact) mass is 436 g/mol. The predicted molar refractivity (Wildman–Crippen MR) is 119 cm³/mol. The van der Waals surface area contributed by atoms with Gasteiger partial charge < -0.3 is 21.3 Å². The summed E-state index contributed by atoms with van der Waals surface area (Å²) >= 11 is 0. The van der Waals surface area contributed by atoms with Crippen LogP contribution in [0.4, 0.5) is 0 Å². The third kappa shape index (κ3) is 4.64. The van der Waals surface area contributed by atoms with Gasteiger partial charge in [-0.15, -0.1) is 0 Å². The molecule has 8 nitrogen and oxygen atoms in total. The summed E-state index contributed by atoms with van der Waals surface area (Å²) in [5, 5.41) is 0. The van der Waals surface area contributed by atoms with Crippen LogP contribution in [0.3, 0.4) is 0 Å². The van der Waals surface area contributed by atoms with E-state index in [0.717, 1.165) is 17.5 Å². The van der Waals surface area contributed by atoms with Crippen LogP contribution in [-0.4, -0.2) is 47.5 Å². The molecule has 0 radical (unpaired) electrons. The number of amides is 4. The highest BCUT2D eigenvalue weighted by atomic mass is 16.2. The number of nitrogens with two attached hydrogens (primary N) is 2. The van der Waals surface area contributed by atoms with Crippen LogP contribution in [0.25, 0.3) is 0 Å². The van der Waals surface area contributed by atoms with Crippen molar-refractivity contribution < 1.29 is 19.2 Å². The minimum absolute atomic E-state index is 0.205. The molecule has 4 amide bonds. The largest absolute Gasteiger partial charge is 0.366 e. The average Bonchev–Trinajstić information content (AvgIpc) is 2.73. The average molecular weight is 437 g/mol. The van der Waals surface area contributed by atoms with E-state index in [-0.39, 0.29) is 11.8 Å². The van der Waals surface area contributed by atoms with Crippen LogP contribution in [0.5, 0.6) is 0 Å². The zero-order chi connectivity index (χ0) is 23.5. The van der Waals surface area contributed by atoms with Gasteiger partial charge >= 0.3 is 0 Å². The molecule has 32 heavy (non-hydrogen) atoms. The van der Waals surface area contributed by atoms with Crippen molar-refractivity contribution in [2.75, 3.05) is 14.1 Å². The van der Waals surface area contributed by atoms with Crippen molar-refractivity contribution in [1.29, 1.82) is 0 Å². The first-order valence-electron chi connectivity index (χ1n) is 10.4. The molecule has 0 unspecified atom stereocenters. The van der Waals surface area contributed by atoms with Gasteiger partial charge in [0.25, 0.3) is 0 Å². The van der Waals surface area contributed by atoms with Crippen LogP contribution in [0.2, 0.25) is 0 Å². The zero-order valence-corrected chi connectivity index (χ0v) is 18.3. The van der Waals surface area contributed by atoms with Crippen molar-refractivity contribution in [3.63, 3.8) is 0 Å². The van der Waals surface area contributed by atoms with Gasteiger partial charge in [-0.1, -0.05) is 30.7 Å². The lowest BCUT2D eigenvalue weighted by molar-refractivity contribution is -0.162. The standard InChI is InChI=1S/C24H28N4O4/c1-27(14-16-4-8-18(9-5-16)20(25)29)22(31)24(12-3-13-24)23(32)28(2)15-17-6-10-19(11-7-17)21(26)30/h4-11H,3,12-15H2,1-2H3,(H2,25,29)(H2,26,30). The van der Waals surface area contributed by atoms with E-state index in [0.29, 0.717) is 37.1 Å². The van der Waals surface area contributed by atoms with E-state index in [9.17, 15) is 19.2 Å². The molecule has 0 atom stereocenters. The van der Waals surface area contributed by atoms with Crippen LogP contribution in [-0.2, 0) is 22.7 Å². The fraction of sp³-hybridized carbons (Fsp3) is 0.333. The number of carbonyl (C=O) groups is 4. The van der Waals surface area contributed by atoms with Gasteiger partial charge in [-0.2, -0.15) is 0 Å². The Morgan fingerprint density at radius 2 is 1.06 bits per heavy atom. The van der Waals surface area contributed by atoms with Gasteiger partial charge in [0.2, 0.25) is 23.6 Å². The van der Waals surface area contributed by atoms with Gasteiger partial charge in [0, 0.05) is 38.3 Å². The Morgan fingerprint density at radius 3 is 1.31 bits per heavy atom. The van der Waals surface area contributed by atoms with Gasteiger partial charge in [-0.25, -0.2) is 0 Å². The summed E-state index contributed by atoms with van der Waals surface area (Å²) in [5.74, 6) is -1.42. The third-order valence-electron chi connectivity index (χ3n) is 6.04. The van der Waals surface area contributed by atoms with Crippen molar-refractivity contribution in [2.24, 2.45) is 16.9 Å². The summed E-state index contributed by atoms with van der Waals surface area (Å²) < 4.78 is 0.